The zero-order valence-electron chi connectivity index (χ0n) is 14.5. The van der Waals surface area contributed by atoms with E-state index in [1.165, 1.54) is 38.5 Å². The summed E-state index contributed by atoms with van der Waals surface area (Å²) in [6.45, 7) is 2.84. The number of carbonyl (C=O) groups is 1. The lowest BCUT2D eigenvalue weighted by molar-refractivity contribution is -0.133. The first-order valence-electron chi connectivity index (χ1n) is 9.59. The Morgan fingerprint density at radius 2 is 1.75 bits per heavy atom. The Kier molecular flexibility index (Phi) is 4.42. The molecule has 2 aliphatic heterocycles. The van der Waals surface area contributed by atoms with Gasteiger partial charge in [-0.15, -0.1) is 0 Å². The van der Waals surface area contributed by atoms with E-state index in [1.807, 2.05) is 18.5 Å². The van der Waals surface area contributed by atoms with Crippen molar-refractivity contribution in [3.8, 4) is 0 Å². The van der Waals surface area contributed by atoms with E-state index in [-0.39, 0.29) is 5.54 Å². The summed E-state index contributed by atoms with van der Waals surface area (Å²) in [5.74, 6) is 1.90. The molecule has 1 aromatic heterocycles. The number of anilines is 1. The van der Waals surface area contributed by atoms with Crippen LogP contribution in [0, 0.1) is 5.92 Å². The maximum absolute atomic E-state index is 12.6. The molecule has 4 rings (SSSR count). The summed E-state index contributed by atoms with van der Waals surface area (Å²) in [7, 11) is 0. The maximum Gasteiger partial charge on any atom is 0.225 e. The van der Waals surface area contributed by atoms with Crippen LogP contribution in [0.3, 0.4) is 0 Å². The summed E-state index contributed by atoms with van der Waals surface area (Å²) in [5, 5.41) is 0. The number of carbonyl (C=O) groups excluding carboxylic acids is 1. The Hall–Kier alpha value is -1.65. The van der Waals surface area contributed by atoms with E-state index < -0.39 is 0 Å². The summed E-state index contributed by atoms with van der Waals surface area (Å²) in [6.07, 6.45) is 14.1. The number of piperidine rings is 1. The molecule has 3 fully saturated rings. The van der Waals surface area contributed by atoms with Gasteiger partial charge in [0, 0.05) is 44.0 Å². The summed E-state index contributed by atoms with van der Waals surface area (Å²) >= 11 is 0. The third kappa shape index (κ3) is 3.01. The van der Waals surface area contributed by atoms with Crippen molar-refractivity contribution in [2.75, 3.05) is 24.5 Å². The quantitative estimate of drug-likeness (QED) is 0.856. The Morgan fingerprint density at radius 3 is 2.46 bits per heavy atom. The van der Waals surface area contributed by atoms with Crippen molar-refractivity contribution in [1.82, 2.24) is 14.9 Å². The molecular formula is C19H28N4O. The molecule has 1 spiro atoms. The first kappa shape index (κ1) is 15.9. The van der Waals surface area contributed by atoms with Crippen molar-refractivity contribution in [3.63, 3.8) is 0 Å². The maximum atomic E-state index is 12.6. The van der Waals surface area contributed by atoms with Crippen LogP contribution in [-0.2, 0) is 4.79 Å². The van der Waals surface area contributed by atoms with Gasteiger partial charge >= 0.3 is 0 Å². The van der Waals surface area contributed by atoms with Crippen molar-refractivity contribution in [3.05, 3.63) is 18.5 Å². The molecule has 3 aliphatic rings. The van der Waals surface area contributed by atoms with Gasteiger partial charge in [-0.05, 0) is 50.5 Å². The highest BCUT2D eigenvalue weighted by atomic mass is 16.2. The lowest BCUT2D eigenvalue weighted by Crippen LogP contribution is -2.54. The largest absolute Gasteiger partial charge is 0.343 e. The van der Waals surface area contributed by atoms with Crippen LogP contribution in [-0.4, -0.2) is 45.9 Å². The van der Waals surface area contributed by atoms with Crippen molar-refractivity contribution < 1.29 is 4.79 Å². The van der Waals surface area contributed by atoms with Gasteiger partial charge in [-0.2, -0.15) is 0 Å². The zero-order chi connectivity index (χ0) is 16.4. The SMILES string of the molecule is O=C(CC1CCCC1)N1CCC2(CCCN2c2ncccn2)CC1. The minimum atomic E-state index is 0.172. The number of likely N-dealkylation sites (tertiary alicyclic amines) is 1. The number of aromatic nitrogens is 2. The highest BCUT2D eigenvalue weighted by Crippen LogP contribution is 2.40. The van der Waals surface area contributed by atoms with Gasteiger partial charge in [-0.3, -0.25) is 4.79 Å². The molecule has 0 bridgehead atoms. The van der Waals surface area contributed by atoms with Gasteiger partial charge in [-0.25, -0.2) is 9.97 Å². The van der Waals surface area contributed by atoms with E-state index in [9.17, 15) is 4.79 Å². The van der Waals surface area contributed by atoms with E-state index in [0.717, 1.165) is 44.8 Å². The Bertz CT molecular complexity index is 562. The first-order valence-corrected chi connectivity index (χ1v) is 9.59. The molecule has 5 nitrogen and oxygen atoms in total. The summed E-state index contributed by atoms with van der Waals surface area (Å²) in [5.41, 5.74) is 0.172. The molecule has 1 saturated carbocycles. The fourth-order valence-corrected chi connectivity index (χ4v) is 4.96. The van der Waals surface area contributed by atoms with Crippen molar-refractivity contribution >= 4 is 11.9 Å². The number of rotatable bonds is 3. The van der Waals surface area contributed by atoms with Crippen LogP contribution in [0.1, 0.15) is 57.8 Å². The molecule has 24 heavy (non-hydrogen) atoms. The molecule has 3 heterocycles. The second-order valence-electron chi connectivity index (χ2n) is 7.76. The van der Waals surface area contributed by atoms with Crippen LogP contribution >= 0.6 is 0 Å². The lowest BCUT2D eigenvalue weighted by Gasteiger charge is -2.45. The molecular weight excluding hydrogens is 300 g/mol. The summed E-state index contributed by atoms with van der Waals surface area (Å²) in [4.78, 5) is 26.1. The molecule has 0 atom stereocenters. The molecule has 0 unspecified atom stereocenters. The topological polar surface area (TPSA) is 49.3 Å². The lowest BCUT2D eigenvalue weighted by atomic mass is 9.84. The van der Waals surface area contributed by atoms with Crippen LogP contribution in [0.2, 0.25) is 0 Å². The molecule has 1 aromatic rings. The van der Waals surface area contributed by atoms with Crippen molar-refractivity contribution in [2.24, 2.45) is 5.92 Å². The minimum Gasteiger partial charge on any atom is -0.343 e. The third-order valence-electron chi connectivity index (χ3n) is 6.37. The number of nitrogens with zero attached hydrogens (tertiary/aromatic N) is 4. The van der Waals surface area contributed by atoms with Crippen molar-refractivity contribution in [1.29, 1.82) is 0 Å². The second kappa shape index (κ2) is 6.69. The average molecular weight is 328 g/mol. The molecule has 2 saturated heterocycles. The van der Waals surface area contributed by atoms with Gasteiger partial charge < -0.3 is 9.80 Å². The monoisotopic (exact) mass is 328 g/mol. The van der Waals surface area contributed by atoms with Crippen LogP contribution < -0.4 is 4.90 Å². The predicted molar refractivity (Wildman–Crippen MR) is 93.7 cm³/mol. The molecule has 1 amide bonds. The fraction of sp³-hybridized carbons (Fsp3) is 0.737. The van der Waals surface area contributed by atoms with E-state index in [2.05, 4.69) is 19.8 Å². The van der Waals surface area contributed by atoms with E-state index in [1.54, 1.807) is 0 Å². The smallest absolute Gasteiger partial charge is 0.225 e. The van der Waals surface area contributed by atoms with Gasteiger partial charge in [-0.1, -0.05) is 12.8 Å². The normalized spacial score (nSPS) is 24.0. The van der Waals surface area contributed by atoms with E-state index in [4.69, 9.17) is 0 Å². The number of hydrogen-bond donors (Lipinski definition) is 0. The molecule has 0 aromatic carbocycles. The first-order chi connectivity index (χ1) is 11.8. The average Bonchev–Trinajstić information content (AvgIpc) is 3.26. The third-order valence-corrected chi connectivity index (χ3v) is 6.37. The minimum absolute atomic E-state index is 0.172. The van der Waals surface area contributed by atoms with Gasteiger partial charge in [0.15, 0.2) is 0 Å². The summed E-state index contributed by atoms with van der Waals surface area (Å²) in [6, 6.07) is 1.87. The fourth-order valence-electron chi connectivity index (χ4n) is 4.96. The van der Waals surface area contributed by atoms with E-state index in [0.29, 0.717) is 11.8 Å². The Balaban J connectivity index is 1.38. The van der Waals surface area contributed by atoms with Crippen molar-refractivity contribution in [2.45, 2.75) is 63.3 Å². The van der Waals surface area contributed by atoms with E-state index >= 15 is 0 Å². The molecule has 0 N–H and O–H groups in total. The van der Waals surface area contributed by atoms with Crippen LogP contribution in [0.15, 0.2) is 18.5 Å². The highest BCUT2D eigenvalue weighted by Gasteiger charge is 2.45. The van der Waals surface area contributed by atoms with Crippen LogP contribution in [0.25, 0.3) is 0 Å². The van der Waals surface area contributed by atoms with Gasteiger partial charge in [0.05, 0.1) is 0 Å². The Morgan fingerprint density at radius 1 is 1.04 bits per heavy atom. The van der Waals surface area contributed by atoms with Gasteiger partial charge in [0.2, 0.25) is 11.9 Å². The van der Waals surface area contributed by atoms with Crippen LogP contribution in [0.5, 0.6) is 0 Å². The number of hydrogen-bond acceptors (Lipinski definition) is 4. The molecule has 0 radical (unpaired) electrons. The second-order valence-corrected chi connectivity index (χ2v) is 7.76. The summed E-state index contributed by atoms with van der Waals surface area (Å²) < 4.78 is 0. The standard InChI is InChI=1S/C19H28N4O/c24-17(15-16-5-1-2-6-16)22-13-8-19(9-14-22)7-3-12-23(19)18-20-10-4-11-21-18/h4,10-11,16H,1-3,5-9,12-15H2. The van der Waals surface area contributed by atoms with Crippen LogP contribution in [0.4, 0.5) is 5.95 Å². The molecule has 5 heteroatoms. The van der Waals surface area contributed by atoms with Gasteiger partial charge in [0.1, 0.15) is 0 Å². The number of amides is 1. The zero-order valence-corrected chi connectivity index (χ0v) is 14.5. The predicted octanol–water partition coefficient (Wildman–Crippen LogP) is 3.02. The Labute approximate surface area is 144 Å². The van der Waals surface area contributed by atoms with Gasteiger partial charge in [0.25, 0.3) is 0 Å². The highest BCUT2D eigenvalue weighted by molar-refractivity contribution is 5.76. The molecule has 1 aliphatic carbocycles. The molecule has 130 valence electrons.